The summed E-state index contributed by atoms with van der Waals surface area (Å²) in [6, 6.07) is 11.5. The molecule has 0 aliphatic heterocycles. The van der Waals surface area contributed by atoms with Gasteiger partial charge in [0.15, 0.2) is 0 Å². The molecule has 1 atom stereocenters. The zero-order valence-corrected chi connectivity index (χ0v) is 14.0. The van der Waals surface area contributed by atoms with E-state index in [0.717, 1.165) is 12.1 Å². The molecule has 3 rings (SSSR count). The number of aromatic nitrogens is 5. The van der Waals surface area contributed by atoms with Gasteiger partial charge in [-0.15, -0.1) is 5.10 Å². The van der Waals surface area contributed by atoms with Gasteiger partial charge in [0.25, 0.3) is 0 Å². The maximum atomic E-state index is 12.0. The third kappa shape index (κ3) is 5.17. The Bertz CT molecular complexity index is 782. The standard InChI is InChI=1S/C17H21N7O/c1-14(11-23-9-5-8-20-23)10-18-17(25)21-16-19-13-24(22-16)12-15-6-3-2-4-7-15/h2-9,13-14H,10-12H2,1H3,(H2,18,21,22,25). The normalized spacial score (nSPS) is 11.9. The predicted molar refractivity (Wildman–Crippen MR) is 94.0 cm³/mol. The summed E-state index contributed by atoms with van der Waals surface area (Å²) in [6.07, 6.45) is 5.24. The van der Waals surface area contributed by atoms with E-state index in [-0.39, 0.29) is 17.9 Å². The summed E-state index contributed by atoms with van der Waals surface area (Å²) in [5, 5.41) is 13.9. The van der Waals surface area contributed by atoms with Crippen molar-refractivity contribution in [1.29, 1.82) is 0 Å². The summed E-state index contributed by atoms with van der Waals surface area (Å²) >= 11 is 0. The Morgan fingerprint density at radius 2 is 2.04 bits per heavy atom. The maximum absolute atomic E-state index is 12.0. The SMILES string of the molecule is CC(CNC(=O)Nc1ncn(Cc2ccccc2)n1)Cn1cccn1. The number of rotatable bonds is 7. The van der Waals surface area contributed by atoms with Gasteiger partial charge >= 0.3 is 6.03 Å². The molecule has 25 heavy (non-hydrogen) atoms. The third-order valence-corrected chi connectivity index (χ3v) is 3.62. The number of nitrogens with zero attached hydrogens (tertiary/aromatic N) is 5. The van der Waals surface area contributed by atoms with Crippen molar-refractivity contribution < 1.29 is 4.79 Å². The lowest BCUT2D eigenvalue weighted by Gasteiger charge is -2.12. The van der Waals surface area contributed by atoms with E-state index >= 15 is 0 Å². The van der Waals surface area contributed by atoms with Crippen molar-refractivity contribution in [3.63, 3.8) is 0 Å². The van der Waals surface area contributed by atoms with Crippen LogP contribution < -0.4 is 10.6 Å². The number of benzene rings is 1. The highest BCUT2D eigenvalue weighted by molar-refractivity contribution is 5.87. The van der Waals surface area contributed by atoms with Crippen LogP contribution in [-0.4, -0.2) is 37.1 Å². The average Bonchev–Trinajstić information content (AvgIpc) is 3.26. The second kappa shape index (κ2) is 8.09. The van der Waals surface area contributed by atoms with Gasteiger partial charge in [0, 0.05) is 25.5 Å². The van der Waals surface area contributed by atoms with E-state index in [2.05, 4.69) is 32.7 Å². The van der Waals surface area contributed by atoms with Crippen LogP contribution in [0.25, 0.3) is 0 Å². The molecule has 0 fully saturated rings. The molecule has 8 heteroatoms. The summed E-state index contributed by atoms with van der Waals surface area (Å²) < 4.78 is 3.53. The fraction of sp³-hybridized carbons (Fsp3) is 0.294. The molecule has 2 N–H and O–H groups in total. The number of anilines is 1. The Labute approximate surface area is 145 Å². The van der Waals surface area contributed by atoms with Gasteiger partial charge in [0.1, 0.15) is 6.33 Å². The summed E-state index contributed by atoms with van der Waals surface area (Å²) in [7, 11) is 0. The minimum absolute atomic E-state index is 0.259. The van der Waals surface area contributed by atoms with Crippen LogP contribution in [-0.2, 0) is 13.1 Å². The first kappa shape index (κ1) is 16.7. The van der Waals surface area contributed by atoms with Crippen LogP contribution in [0.4, 0.5) is 10.7 Å². The van der Waals surface area contributed by atoms with Crippen molar-refractivity contribution in [2.24, 2.45) is 5.92 Å². The van der Waals surface area contributed by atoms with Crippen molar-refractivity contribution in [2.75, 3.05) is 11.9 Å². The molecule has 8 nitrogen and oxygen atoms in total. The molecule has 2 amide bonds. The van der Waals surface area contributed by atoms with Crippen molar-refractivity contribution in [2.45, 2.75) is 20.0 Å². The second-order valence-corrected chi connectivity index (χ2v) is 5.92. The van der Waals surface area contributed by atoms with Crippen LogP contribution in [0.15, 0.2) is 55.1 Å². The van der Waals surface area contributed by atoms with Crippen LogP contribution in [0.2, 0.25) is 0 Å². The number of carbonyl (C=O) groups excluding carboxylic acids is 1. The summed E-state index contributed by atoms with van der Waals surface area (Å²) in [6.45, 7) is 3.94. The molecular formula is C17H21N7O. The molecule has 1 unspecified atom stereocenters. The largest absolute Gasteiger partial charge is 0.337 e. The van der Waals surface area contributed by atoms with Crippen molar-refractivity contribution in [3.8, 4) is 0 Å². The minimum atomic E-state index is -0.315. The molecular weight excluding hydrogens is 318 g/mol. The van der Waals surface area contributed by atoms with Gasteiger partial charge in [-0.1, -0.05) is 37.3 Å². The Kier molecular flexibility index (Phi) is 5.40. The fourth-order valence-corrected chi connectivity index (χ4v) is 2.40. The smallest absolute Gasteiger partial charge is 0.321 e. The van der Waals surface area contributed by atoms with E-state index in [1.807, 2.05) is 47.3 Å². The lowest BCUT2D eigenvalue weighted by atomic mass is 10.2. The molecule has 0 spiro atoms. The first-order valence-corrected chi connectivity index (χ1v) is 8.14. The van der Waals surface area contributed by atoms with E-state index in [1.165, 1.54) is 0 Å². The van der Waals surface area contributed by atoms with Gasteiger partial charge in [0.2, 0.25) is 5.95 Å². The third-order valence-electron chi connectivity index (χ3n) is 3.62. The van der Waals surface area contributed by atoms with Crippen molar-refractivity contribution >= 4 is 12.0 Å². The number of hydrogen-bond acceptors (Lipinski definition) is 4. The molecule has 2 aromatic heterocycles. The lowest BCUT2D eigenvalue weighted by molar-refractivity contribution is 0.249. The molecule has 0 bridgehead atoms. The Morgan fingerprint density at radius 3 is 2.80 bits per heavy atom. The summed E-state index contributed by atoms with van der Waals surface area (Å²) in [5.74, 6) is 0.544. The van der Waals surface area contributed by atoms with Crippen LogP contribution in [0, 0.1) is 5.92 Å². The van der Waals surface area contributed by atoms with Gasteiger partial charge in [0.05, 0.1) is 6.54 Å². The predicted octanol–water partition coefficient (Wildman–Crippen LogP) is 1.98. The maximum Gasteiger partial charge on any atom is 0.321 e. The van der Waals surface area contributed by atoms with E-state index in [0.29, 0.717) is 13.1 Å². The first-order chi connectivity index (χ1) is 12.2. The first-order valence-electron chi connectivity index (χ1n) is 8.14. The van der Waals surface area contributed by atoms with Gasteiger partial charge in [-0.25, -0.2) is 14.5 Å². The van der Waals surface area contributed by atoms with E-state index in [4.69, 9.17) is 0 Å². The number of nitrogens with one attached hydrogen (secondary N) is 2. The fourth-order valence-electron chi connectivity index (χ4n) is 2.40. The summed E-state index contributed by atoms with van der Waals surface area (Å²) in [5.41, 5.74) is 1.12. The highest BCUT2D eigenvalue weighted by Crippen LogP contribution is 2.03. The van der Waals surface area contributed by atoms with Crippen molar-refractivity contribution in [3.05, 3.63) is 60.7 Å². The van der Waals surface area contributed by atoms with E-state index < -0.39 is 0 Å². The lowest BCUT2D eigenvalue weighted by Crippen LogP contribution is -2.34. The number of urea groups is 1. The number of amides is 2. The van der Waals surface area contributed by atoms with Gasteiger partial charge in [-0.3, -0.25) is 10.00 Å². The van der Waals surface area contributed by atoms with Gasteiger partial charge in [-0.2, -0.15) is 5.10 Å². The van der Waals surface area contributed by atoms with Crippen LogP contribution >= 0.6 is 0 Å². The second-order valence-electron chi connectivity index (χ2n) is 5.92. The highest BCUT2D eigenvalue weighted by atomic mass is 16.2. The van der Waals surface area contributed by atoms with Crippen LogP contribution in [0.5, 0.6) is 0 Å². The summed E-state index contributed by atoms with van der Waals surface area (Å²) in [4.78, 5) is 16.1. The van der Waals surface area contributed by atoms with E-state index in [1.54, 1.807) is 17.2 Å². The zero-order valence-electron chi connectivity index (χ0n) is 14.0. The van der Waals surface area contributed by atoms with Gasteiger partial charge in [-0.05, 0) is 17.5 Å². The van der Waals surface area contributed by atoms with Crippen LogP contribution in [0.1, 0.15) is 12.5 Å². The topological polar surface area (TPSA) is 89.7 Å². The zero-order chi connectivity index (χ0) is 17.5. The van der Waals surface area contributed by atoms with E-state index in [9.17, 15) is 4.79 Å². The Hall–Kier alpha value is -3.16. The Morgan fingerprint density at radius 1 is 1.20 bits per heavy atom. The monoisotopic (exact) mass is 339 g/mol. The molecule has 1 aromatic carbocycles. The molecule has 3 aromatic rings. The highest BCUT2D eigenvalue weighted by Gasteiger charge is 2.09. The molecule has 0 saturated carbocycles. The molecule has 2 heterocycles. The molecule has 0 aliphatic carbocycles. The minimum Gasteiger partial charge on any atom is -0.337 e. The van der Waals surface area contributed by atoms with Gasteiger partial charge < -0.3 is 5.32 Å². The molecule has 0 aliphatic rings. The molecule has 130 valence electrons. The number of carbonyl (C=O) groups is 1. The van der Waals surface area contributed by atoms with Crippen LogP contribution in [0.3, 0.4) is 0 Å². The van der Waals surface area contributed by atoms with Crippen molar-refractivity contribution in [1.82, 2.24) is 29.9 Å². The molecule has 0 saturated heterocycles. The quantitative estimate of drug-likeness (QED) is 0.689. The average molecular weight is 339 g/mol. The molecule has 0 radical (unpaired) electrons. The Balaban J connectivity index is 1.43. The number of hydrogen-bond donors (Lipinski definition) is 2.